The first-order valence-electron chi connectivity index (χ1n) is 9.20. The summed E-state index contributed by atoms with van der Waals surface area (Å²) in [5, 5.41) is 13.1. The second-order valence-electron chi connectivity index (χ2n) is 6.70. The fraction of sp³-hybridized carbons (Fsp3) is 0.238. The van der Waals surface area contributed by atoms with Gasteiger partial charge in [-0.25, -0.2) is 4.79 Å². The Balaban J connectivity index is 2.09. The van der Waals surface area contributed by atoms with Crippen molar-refractivity contribution in [3.8, 4) is 22.2 Å². The number of nitrogens with one attached hydrogen (secondary N) is 1. The van der Waals surface area contributed by atoms with E-state index in [1.54, 1.807) is 24.3 Å². The van der Waals surface area contributed by atoms with Crippen LogP contribution >= 0.6 is 18.9 Å². The summed E-state index contributed by atoms with van der Waals surface area (Å²) in [6.45, 7) is 3.77. The molecule has 1 unspecified atom stereocenters. The first-order valence-corrected chi connectivity index (χ1v) is 11.6. The van der Waals surface area contributed by atoms with E-state index in [-0.39, 0.29) is 16.4 Å². The number of anilines is 1. The maximum absolute atomic E-state index is 13.6. The lowest BCUT2D eigenvalue weighted by molar-refractivity contribution is 0.0703. The van der Waals surface area contributed by atoms with Crippen LogP contribution < -0.4 is 19.9 Å². The summed E-state index contributed by atoms with van der Waals surface area (Å²) in [6, 6.07) is 10.4. The number of pyridine rings is 1. The molecule has 2 aromatic heterocycles. The van der Waals surface area contributed by atoms with Crippen molar-refractivity contribution in [2.45, 2.75) is 13.8 Å². The monoisotopic (exact) mass is 462 g/mol. The van der Waals surface area contributed by atoms with E-state index in [0.29, 0.717) is 21.6 Å². The molecule has 0 saturated heterocycles. The van der Waals surface area contributed by atoms with Gasteiger partial charge in [0.05, 0.1) is 30.8 Å². The zero-order valence-electron chi connectivity index (χ0n) is 17.8. The molecule has 0 bridgehead atoms. The lowest BCUT2D eigenvalue weighted by Crippen LogP contribution is -2.17. The average molecular weight is 462 g/mol. The van der Waals surface area contributed by atoms with Crippen molar-refractivity contribution in [3.63, 3.8) is 0 Å². The van der Waals surface area contributed by atoms with Crippen LogP contribution in [0, 0.1) is 13.8 Å². The standard InChI is InChI=1S/C21H23N2O6PS/c1-12-6-8-16(13(2)10-12)30(26,29-5)23-15-11-17(31-19(15)21(24)25)14-7-9-18(27-3)22-20(14)28-4/h6-11H,1-5H3,(H,23,26)(H,24,25). The summed E-state index contributed by atoms with van der Waals surface area (Å²) in [5.74, 6) is -0.497. The van der Waals surface area contributed by atoms with Crippen molar-refractivity contribution < 1.29 is 28.5 Å². The Morgan fingerprint density at radius 2 is 1.84 bits per heavy atom. The van der Waals surface area contributed by atoms with Crippen LogP contribution in [-0.4, -0.2) is 37.4 Å². The molecule has 1 aromatic carbocycles. The lowest BCUT2D eigenvalue weighted by atomic mass is 10.2. The number of carboxylic acid groups (broad SMARTS) is 1. The smallest absolute Gasteiger partial charge is 0.348 e. The third-order valence-corrected chi connectivity index (χ3v) is 7.97. The van der Waals surface area contributed by atoms with E-state index in [1.165, 1.54) is 21.3 Å². The van der Waals surface area contributed by atoms with Crippen molar-refractivity contribution in [3.05, 3.63) is 52.4 Å². The zero-order valence-corrected chi connectivity index (χ0v) is 19.5. The molecular weight excluding hydrogens is 439 g/mol. The molecule has 0 amide bonds. The van der Waals surface area contributed by atoms with Gasteiger partial charge in [-0.3, -0.25) is 4.57 Å². The number of methoxy groups -OCH3 is 2. The molecule has 0 aliphatic rings. The Bertz CT molecular complexity index is 1180. The third-order valence-electron chi connectivity index (χ3n) is 4.62. The molecule has 0 aliphatic carbocycles. The molecule has 3 aromatic rings. The molecule has 0 saturated carbocycles. The molecule has 2 heterocycles. The number of carboxylic acids is 1. The summed E-state index contributed by atoms with van der Waals surface area (Å²) < 4.78 is 29.5. The van der Waals surface area contributed by atoms with Gasteiger partial charge in [0.2, 0.25) is 11.8 Å². The number of thiophene rings is 1. The Morgan fingerprint density at radius 1 is 1.10 bits per heavy atom. The Kier molecular flexibility index (Phi) is 6.69. The topological polar surface area (TPSA) is 107 Å². The van der Waals surface area contributed by atoms with Gasteiger partial charge in [-0.05, 0) is 37.6 Å². The average Bonchev–Trinajstić information content (AvgIpc) is 3.16. The number of nitrogens with zero attached hydrogens (tertiary/aromatic N) is 1. The van der Waals surface area contributed by atoms with E-state index in [2.05, 4.69) is 10.1 Å². The largest absolute Gasteiger partial charge is 0.481 e. The van der Waals surface area contributed by atoms with Crippen LogP contribution in [-0.2, 0) is 9.09 Å². The molecule has 3 rings (SSSR count). The predicted molar refractivity (Wildman–Crippen MR) is 121 cm³/mol. The second-order valence-corrected chi connectivity index (χ2v) is 9.93. The van der Waals surface area contributed by atoms with Gasteiger partial charge in [-0.2, -0.15) is 4.98 Å². The third kappa shape index (κ3) is 4.58. The highest BCUT2D eigenvalue weighted by atomic mass is 32.1. The molecular formula is C21H23N2O6PS. The molecule has 10 heteroatoms. The molecule has 0 aliphatic heterocycles. The van der Waals surface area contributed by atoms with Crippen LogP contribution in [0.4, 0.5) is 5.69 Å². The van der Waals surface area contributed by atoms with E-state index < -0.39 is 13.5 Å². The van der Waals surface area contributed by atoms with E-state index in [1.807, 2.05) is 26.0 Å². The summed E-state index contributed by atoms with van der Waals surface area (Å²) in [7, 11) is 0.709. The van der Waals surface area contributed by atoms with Crippen molar-refractivity contribution in [2.75, 3.05) is 26.4 Å². The van der Waals surface area contributed by atoms with Crippen LogP contribution in [0.1, 0.15) is 20.8 Å². The fourth-order valence-electron chi connectivity index (χ4n) is 3.14. The van der Waals surface area contributed by atoms with Gasteiger partial charge in [0.15, 0.2) is 0 Å². The van der Waals surface area contributed by atoms with Crippen LogP contribution in [0.5, 0.6) is 11.8 Å². The van der Waals surface area contributed by atoms with E-state index >= 15 is 0 Å². The van der Waals surface area contributed by atoms with Crippen molar-refractivity contribution in [2.24, 2.45) is 0 Å². The van der Waals surface area contributed by atoms with Crippen LogP contribution in [0.2, 0.25) is 0 Å². The number of hydrogen-bond donors (Lipinski definition) is 2. The number of benzene rings is 1. The summed E-state index contributed by atoms with van der Waals surface area (Å²) in [4.78, 5) is 16.7. The van der Waals surface area contributed by atoms with Gasteiger partial charge in [-0.1, -0.05) is 17.7 Å². The number of hydrogen-bond acceptors (Lipinski definition) is 7. The highest BCUT2D eigenvalue weighted by Gasteiger charge is 2.30. The first-order chi connectivity index (χ1) is 14.7. The van der Waals surface area contributed by atoms with Gasteiger partial charge in [-0.15, -0.1) is 11.3 Å². The molecule has 0 fully saturated rings. The number of ether oxygens (including phenoxy) is 2. The molecule has 2 N–H and O–H groups in total. The van der Waals surface area contributed by atoms with Gasteiger partial charge in [0.1, 0.15) is 4.88 Å². The van der Waals surface area contributed by atoms with Crippen molar-refractivity contribution in [1.29, 1.82) is 0 Å². The molecule has 0 spiro atoms. The van der Waals surface area contributed by atoms with E-state index in [9.17, 15) is 14.5 Å². The van der Waals surface area contributed by atoms with Crippen molar-refractivity contribution in [1.82, 2.24) is 4.98 Å². The Hall–Kier alpha value is -2.87. The number of rotatable bonds is 8. The minimum Gasteiger partial charge on any atom is -0.481 e. The van der Waals surface area contributed by atoms with E-state index in [0.717, 1.165) is 22.5 Å². The highest BCUT2D eigenvalue weighted by Crippen LogP contribution is 2.49. The molecule has 8 nitrogen and oxygen atoms in total. The van der Waals surface area contributed by atoms with Gasteiger partial charge < -0.3 is 24.2 Å². The van der Waals surface area contributed by atoms with Gasteiger partial charge >= 0.3 is 13.5 Å². The summed E-state index contributed by atoms with van der Waals surface area (Å²) in [5.41, 5.74) is 2.58. The number of aromatic carboxylic acids is 1. The fourth-order valence-corrected chi connectivity index (χ4v) is 5.89. The van der Waals surface area contributed by atoms with Crippen molar-refractivity contribution >= 4 is 35.8 Å². The first kappa shape index (κ1) is 22.8. The molecule has 31 heavy (non-hydrogen) atoms. The maximum Gasteiger partial charge on any atom is 0.348 e. The predicted octanol–water partition coefficient (Wildman–Crippen LogP) is 4.72. The lowest BCUT2D eigenvalue weighted by Gasteiger charge is -2.20. The summed E-state index contributed by atoms with van der Waals surface area (Å²) in [6.07, 6.45) is 0. The quantitative estimate of drug-likeness (QED) is 0.463. The van der Waals surface area contributed by atoms with Gasteiger partial charge in [0.25, 0.3) is 0 Å². The highest BCUT2D eigenvalue weighted by molar-refractivity contribution is 7.68. The van der Waals surface area contributed by atoms with Crippen LogP contribution in [0.15, 0.2) is 36.4 Å². The molecule has 164 valence electrons. The minimum atomic E-state index is -3.58. The number of carbonyl (C=O) groups is 1. The normalized spacial score (nSPS) is 12.8. The van der Waals surface area contributed by atoms with Crippen LogP contribution in [0.3, 0.4) is 0 Å². The Morgan fingerprint density at radius 3 is 2.42 bits per heavy atom. The second kappa shape index (κ2) is 9.09. The van der Waals surface area contributed by atoms with Gasteiger partial charge in [0, 0.05) is 18.1 Å². The SMILES string of the molecule is COc1ccc(-c2cc(NP(=O)(OC)c3ccc(C)cc3C)c(C(=O)O)s2)c(OC)n1. The Labute approximate surface area is 184 Å². The zero-order chi connectivity index (χ0) is 22.8. The number of aryl methyl sites for hydroxylation is 2. The molecule has 0 radical (unpaired) electrons. The number of aromatic nitrogens is 1. The minimum absolute atomic E-state index is 0.00471. The summed E-state index contributed by atoms with van der Waals surface area (Å²) >= 11 is 1.02. The maximum atomic E-state index is 13.6. The molecule has 1 atom stereocenters. The van der Waals surface area contributed by atoms with Crippen LogP contribution in [0.25, 0.3) is 10.4 Å². The van der Waals surface area contributed by atoms with E-state index in [4.69, 9.17) is 14.0 Å².